The summed E-state index contributed by atoms with van der Waals surface area (Å²) < 4.78 is 115. The van der Waals surface area contributed by atoms with Gasteiger partial charge in [-0.1, -0.05) is 0 Å². The van der Waals surface area contributed by atoms with E-state index in [0.717, 1.165) is 0 Å². The summed E-state index contributed by atoms with van der Waals surface area (Å²) in [5.41, 5.74) is -2.82. The highest BCUT2D eigenvalue weighted by Crippen LogP contribution is 2.48. The van der Waals surface area contributed by atoms with Crippen LogP contribution in [-0.2, 0) is 22.2 Å². The van der Waals surface area contributed by atoms with E-state index in [2.05, 4.69) is 5.10 Å². The van der Waals surface area contributed by atoms with E-state index in [9.17, 15) is 43.9 Å². The van der Waals surface area contributed by atoms with Crippen molar-refractivity contribution in [1.29, 1.82) is 0 Å². The number of hydrogen-bond acceptors (Lipinski definition) is 4. The number of H-pyrrole nitrogens is 1. The van der Waals surface area contributed by atoms with Gasteiger partial charge in [-0.2, -0.15) is 31.4 Å². The molecular weight excluding hydrogens is 505 g/mol. The first-order valence-electron chi connectivity index (χ1n) is 10.7. The van der Waals surface area contributed by atoms with Crippen LogP contribution in [0, 0.1) is 17.7 Å². The molecule has 1 saturated carbocycles. The van der Waals surface area contributed by atoms with Gasteiger partial charge in [-0.3, -0.25) is 9.89 Å². The molecule has 2 aromatic rings. The number of Topliss-reactive ketones (excluding diaryl/α,β-unsaturated/α-hetero) is 1. The second-order valence-electron chi connectivity index (χ2n) is 9.29. The summed E-state index contributed by atoms with van der Waals surface area (Å²) in [5.74, 6) is -2.20. The number of halogens is 7. The number of alkyl halides is 6. The molecule has 35 heavy (non-hydrogen) atoms. The van der Waals surface area contributed by atoms with Crippen LogP contribution in [-0.4, -0.2) is 29.1 Å². The predicted molar refractivity (Wildman–Crippen MR) is 111 cm³/mol. The van der Waals surface area contributed by atoms with Gasteiger partial charge >= 0.3 is 12.4 Å². The van der Waals surface area contributed by atoms with Gasteiger partial charge < -0.3 is 0 Å². The van der Waals surface area contributed by atoms with Gasteiger partial charge in [-0.25, -0.2) is 12.8 Å². The Labute approximate surface area is 197 Å². The average molecular weight is 528 g/mol. The number of carbonyl (C=O) groups is 1. The standard InChI is InChI=1S/C22H23F7N2O3S/c1-20(2,35(33,34)16-9-14(21(24,25)26)8-15(23)10-16)13-6-12(7-13)4-3-5-18(32)17-11-19(31-30-17)22(27,28)29/h8-13H,3-7H2,1-2H3,(H,30,31). The molecule has 13 heteroatoms. The largest absolute Gasteiger partial charge is 0.432 e. The fourth-order valence-electron chi connectivity index (χ4n) is 4.23. The number of sulfone groups is 1. The zero-order chi connectivity index (χ0) is 26.4. The van der Waals surface area contributed by atoms with Crippen molar-refractivity contribution in [2.45, 2.75) is 67.9 Å². The number of aromatic nitrogens is 2. The number of nitrogens with one attached hydrogen (secondary N) is 1. The van der Waals surface area contributed by atoms with Gasteiger partial charge in [0.15, 0.2) is 15.6 Å². The summed E-state index contributed by atoms with van der Waals surface area (Å²) in [6.07, 6.45) is -7.83. The maximum Gasteiger partial charge on any atom is 0.432 e. The monoisotopic (exact) mass is 528 g/mol. The molecule has 1 heterocycles. The van der Waals surface area contributed by atoms with Gasteiger partial charge in [0.25, 0.3) is 0 Å². The molecule has 1 aromatic carbocycles. The molecule has 1 N–H and O–H groups in total. The van der Waals surface area contributed by atoms with Crippen LogP contribution in [0.15, 0.2) is 29.2 Å². The van der Waals surface area contributed by atoms with Crippen molar-refractivity contribution in [2.24, 2.45) is 11.8 Å². The van der Waals surface area contributed by atoms with Gasteiger partial charge in [0.1, 0.15) is 17.2 Å². The van der Waals surface area contributed by atoms with Crippen molar-refractivity contribution in [3.63, 3.8) is 0 Å². The quantitative estimate of drug-likeness (QED) is 0.326. The Balaban J connectivity index is 1.57. The molecule has 0 saturated heterocycles. The zero-order valence-electron chi connectivity index (χ0n) is 18.7. The van der Waals surface area contributed by atoms with E-state index in [1.165, 1.54) is 13.8 Å². The van der Waals surface area contributed by atoms with Gasteiger partial charge in [0.05, 0.1) is 15.2 Å². The van der Waals surface area contributed by atoms with Crippen LogP contribution in [0.4, 0.5) is 30.7 Å². The smallest absolute Gasteiger partial charge is 0.292 e. The van der Waals surface area contributed by atoms with Crippen LogP contribution in [0.25, 0.3) is 0 Å². The van der Waals surface area contributed by atoms with E-state index < -0.39 is 60.6 Å². The summed E-state index contributed by atoms with van der Waals surface area (Å²) >= 11 is 0. The van der Waals surface area contributed by atoms with Gasteiger partial charge in [-0.15, -0.1) is 0 Å². The molecule has 0 bridgehead atoms. The Hall–Kier alpha value is -2.44. The van der Waals surface area contributed by atoms with E-state index in [1.807, 2.05) is 0 Å². The Morgan fingerprint density at radius 2 is 1.66 bits per heavy atom. The molecule has 1 aliphatic rings. The SMILES string of the molecule is CC(C)(C1CC(CCCC(=O)c2cc(C(F)(F)F)[nH]n2)C1)S(=O)(=O)c1cc(F)cc(C(F)(F)F)c1. The molecule has 1 aromatic heterocycles. The lowest BCUT2D eigenvalue weighted by Crippen LogP contribution is -2.46. The Morgan fingerprint density at radius 3 is 2.20 bits per heavy atom. The molecule has 194 valence electrons. The minimum absolute atomic E-state index is 0.0332. The molecule has 5 nitrogen and oxygen atoms in total. The number of benzene rings is 1. The molecule has 0 radical (unpaired) electrons. The van der Waals surface area contributed by atoms with Crippen molar-refractivity contribution in [1.82, 2.24) is 10.2 Å². The first kappa shape index (κ1) is 27.2. The van der Waals surface area contributed by atoms with E-state index in [4.69, 9.17) is 0 Å². The number of rotatable bonds is 8. The fraction of sp³-hybridized carbons (Fsp3) is 0.545. The maximum absolute atomic E-state index is 13.8. The number of hydrogen-bond donors (Lipinski definition) is 1. The van der Waals surface area contributed by atoms with Crippen LogP contribution >= 0.6 is 0 Å². The lowest BCUT2D eigenvalue weighted by molar-refractivity contribution is -0.141. The first-order valence-corrected chi connectivity index (χ1v) is 12.2. The Morgan fingerprint density at radius 1 is 1.03 bits per heavy atom. The molecular formula is C22H23F7N2O3S. The third kappa shape index (κ3) is 5.70. The van der Waals surface area contributed by atoms with Crippen LogP contribution in [0.3, 0.4) is 0 Å². The third-order valence-electron chi connectivity index (χ3n) is 6.61. The highest BCUT2D eigenvalue weighted by atomic mass is 32.2. The van der Waals surface area contributed by atoms with Gasteiger partial charge in [-0.05, 0) is 75.6 Å². The highest BCUT2D eigenvalue weighted by Gasteiger charge is 2.48. The van der Waals surface area contributed by atoms with E-state index in [0.29, 0.717) is 43.9 Å². The number of nitrogens with zero attached hydrogens (tertiary/aromatic N) is 1. The van der Waals surface area contributed by atoms with Crippen LogP contribution in [0.2, 0.25) is 0 Å². The van der Waals surface area contributed by atoms with Crippen LogP contribution < -0.4 is 0 Å². The normalized spacial score (nSPS) is 19.5. The number of ketones is 1. The maximum atomic E-state index is 13.8. The molecule has 1 aliphatic carbocycles. The molecule has 0 atom stereocenters. The minimum atomic E-state index is -4.90. The molecule has 0 spiro atoms. The fourth-order valence-corrected chi connectivity index (χ4v) is 6.02. The summed E-state index contributed by atoms with van der Waals surface area (Å²) in [6.45, 7) is 2.78. The molecule has 0 aliphatic heterocycles. The highest BCUT2D eigenvalue weighted by molar-refractivity contribution is 7.92. The van der Waals surface area contributed by atoms with E-state index in [-0.39, 0.29) is 24.1 Å². The molecule has 3 rings (SSSR count). The number of aromatic amines is 1. The first-order chi connectivity index (χ1) is 15.9. The van der Waals surface area contributed by atoms with Crippen molar-refractivity contribution in [3.8, 4) is 0 Å². The number of carbonyl (C=O) groups excluding carboxylic acids is 1. The van der Waals surface area contributed by atoms with Crippen LogP contribution in [0.1, 0.15) is 67.7 Å². The summed E-state index contributed by atoms with van der Waals surface area (Å²) in [7, 11) is -4.30. The van der Waals surface area contributed by atoms with E-state index in [1.54, 1.807) is 5.10 Å². The second-order valence-corrected chi connectivity index (χ2v) is 11.8. The third-order valence-corrected chi connectivity index (χ3v) is 9.18. The topological polar surface area (TPSA) is 79.9 Å². The average Bonchev–Trinajstić information content (AvgIpc) is 3.19. The van der Waals surface area contributed by atoms with Crippen LogP contribution in [0.5, 0.6) is 0 Å². The molecule has 0 unspecified atom stereocenters. The second kappa shape index (κ2) is 9.21. The minimum Gasteiger partial charge on any atom is -0.292 e. The predicted octanol–water partition coefficient (Wildman–Crippen LogP) is 6.22. The van der Waals surface area contributed by atoms with Crippen molar-refractivity contribution < 1.29 is 43.9 Å². The lowest BCUT2D eigenvalue weighted by Gasteiger charge is -2.45. The van der Waals surface area contributed by atoms with Gasteiger partial charge in [0.2, 0.25) is 0 Å². The van der Waals surface area contributed by atoms with E-state index >= 15 is 0 Å². The molecule has 0 amide bonds. The zero-order valence-corrected chi connectivity index (χ0v) is 19.5. The summed E-state index contributed by atoms with van der Waals surface area (Å²) in [6, 6.07) is 1.89. The van der Waals surface area contributed by atoms with Gasteiger partial charge in [0, 0.05) is 6.42 Å². The molecule has 1 fully saturated rings. The van der Waals surface area contributed by atoms with Crippen molar-refractivity contribution in [3.05, 3.63) is 47.0 Å². The summed E-state index contributed by atoms with van der Waals surface area (Å²) in [5, 5.41) is 5.16. The van der Waals surface area contributed by atoms with Crippen molar-refractivity contribution >= 4 is 15.6 Å². The Kier molecular flexibility index (Phi) is 7.15. The summed E-state index contributed by atoms with van der Waals surface area (Å²) in [4.78, 5) is 11.3. The van der Waals surface area contributed by atoms with Crippen molar-refractivity contribution in [2.75, 3.05) is 0 Å². The Bertz CT molecular complexity index is 1190. The lowest BCUT2D eigenvalue weighted by atomic mass is 9.67.